The smallest absolute Gasteiger partial charge is 0.292 e. The summed E-state index contributed by atoms with van der Waals surface area (Å²) in [5.41, 5.74) is 1.65. The van der Waals surface area contributed by atoms with Gasteiger partial charge in [-0.1, -0.05) is 19.4 Å². The van der Waals surface area contributed by atoms with Gasteiger partial charge in [0, 0.05) is 12.6 Å². The van der Waals surface area contributed by atoms with Crippen LogP contribution in [0.25, 0.3) is 0 Å². The lowest BCUT2D eigenvalue weighted by Crippen LogP contribution is -2.19. The first kappa shape index (κ1) is 15.4. The van der Waals surface area contributed by atoms with Crippen LogP contribution in [0, 0.1) is 17.0 Å². The van der Waals surface area contributed by atoms with E-state index in [9.17, 15) is 10.1 Å². The molecule has 0 heterocycles. The van der Waals surface area contributed by atoms with Crippen molar-refractivity contribution in [2.75, 3.05) is 25.0 Å². The van der Waals surface area contributed by atoms with Gasteiger partial charge in [0.15, 0.2) is 0 Å². The Morgan fingerprint density at radius 3 is 2.63 bits per heavy atom. The maximum Gasteiger partial charge on any atom is 0.292 e. The van der Waals surface area contributed by atoms with E-state index in [1.807, 2.05) is 13.0 Å². The van der Waals surface area contributed by atoms with E-state index in [-0.39, 0.29) is 10.6 Å². The van der Waals surface area contributed by atoms with Crippen LogP contribution in [0.15, 0.2) is 18.2 Å². The number of benzene rings is 1. The molecule has 0 saturated carbocycles. The second-order valence-corrected chi connectivity index (χ2v) is 4.66. The minimum absolute atomic E-state index is 0.152. The summed E-state index contributed by atoms with van der Waals surface area (Å²) in [5, 5.41) is 17.4. The molecule has 5 heteroatoms. The van der Waals surface area contributed by atoms with Crippen molar-refractivity contribution in [3.05, 3.63) is 33.9 Å². The summed E-state index contributed by atoms with van der Waals surface area (Å²) in [6.07, 6.45) is 3.34. The van der Waals surface area contributed by atoms with Crippen LogP contribution in [0.3, 0.4) is 0 Å². The topological polar surface area (TPSA) is 67.2 Å². The van der Waals surface area contributed by atoms with Gasteiger partial charge in [0.25, 0.3) is 5.69 Å². The average Bonchev–Trinajstić information content (AvgIpc) is 2.39. The van der Waals surface area contributed by atoms with Gasteiger partial charge in [0.05, 0.1) is 4.92 Å². The first-order valence-corrected chi connectivity index (χ1v) is 6.84. The number of unbranched alkanes of at least 4 members (excludes halogenated alkanes) is 1. The summed E-state index contributed by atoms with van der Waals surface area (Å²) in [6.45, 7) is 6.74. The molecule has 0 aliphatic rings. The van der Waals surface area contributed by atoms with Gasteiger partial charge in [-0.3, -0.25) is 10.1 Å². The zero-order chi connectivity index (χ0) is 14.1. The van der Waals surface area contributed by atoms with Gasteiger partial charge >= 0.3 is 0 Å². The SMILES string of the molecule is CCCCNCCCNc1ccc(C)cc1[N+](=O)[O-]. The lowest BCUT2D eigenvalue weighted by molar-refractivity contribution is -0.384. The van der Waals surface area contributed by atoms with E-state index >= 15 is 0 Å². The van der Waals surface area contributed by atoms with E-state index in [4.69, 9.17) is 0 Å². The second kappa shape index (κ2) is 8.48. The van der Waals surface area contributed by atoms with E-state index in [0.29, 0.717) is 5.69 Å². The van der Waals surface area contributed by atoms with Gasteiger partial charge < -0.3 is 10.6 Å². The van der Waals surface area contributed by atoms with Crippen molar-refractivity contribution in [1.82, 2.24) is 5.32 Å². The van der Waals surface area contributed by atoms with Crippen molar-refractivity contribution in [3.8, 4) is 0 Å². The van der Waals surface area contributed by atoms with E-state index < -0.39 is 0 Å². The number of hydrogen-bond donors (Lipinski definition) is 2. The molecule has 0 fully saturated rings. The lowest BCUT2D eigenvalue weighted by atomic mass is 10.2. The van der Waals surface area contributed by atoms with Crippen LogP contribution < -0.4 is 10.6 Å². The van der Waals surface area contributed by atoms with E-state index in [2.05, 4.69) is 17.6 Å². The highest BCUT2D eigenvalue weighted by atomic mass is 16.6. The first-order valence-electron chi connectivity index (χ1n) is 6.84. The summed E-state index contributed by atoms with van der Waals surface area (Å²) in [6, 6.07) is 5.26. The number of nitro benzene ring substituents is 1. The van der Waals surface area contributed by atoms with Gasteiger partial charge in [-0.2, -0.15) is 0 Å². The highest BCUT2D eigenvalue weighted by molar-refractivity contribution is 5.62. The molecule has 0 atom stereocenters. The molecule has 19 heavy (non-hydrogen) atoms. The molecule has 1 rings (SSSR count). The molecular formula is C14H23N3O2. The number of rotatable bonds is 9. The zero-order valence-electron chi connectivity index (χ0n) is 11.7. The summed E-state index contributed by atoms with van der Waals surface area (Å²) < 4.78 is 0. The van der Waals surface area contributed by atoms with Crippen molar-refractivity contribution in [2.45, 2.75) is 33.1 Å². The van der Waals surface area contributed by atoms with Crippen molar-refractivity contribution < 1.29 is 4.92 Å². The average molecular weight is 265 g/mol. The molecule has 0 aliphatic carbocycles. The Morgan fingerprint density at radius 2 is 1.95 bits per heavy atom. The lowest BCUT2D eigenvalue weighted by Gasteiger charge is -2.08. The molecule has 2 N–H and O–H groups in total. The van der Waals surface area contributed by atoms with Crippen molar-refractivity contribution in [1.29, 1.82) is 0 Å². The molecule has 0 amide bonds. The molecule has 0 spiro atoms. The Morgan fingerprint density at radius 1 is 1.21 bits per heavy atom. The van der Waals surface area contributed by atoms with E-state index in [0.717, 1.165) is 31.6 Å². The summed E-state index contributed by atoms with van der Waals surface area (Å²) in [5.74, 6) is 0. The quantitative estimate of drug-likeness (QED) is 0.409. The Kier molecular flexibility index (Phi) is 6.89. The van der Waals surface area contributed by atoms with Crippen LogP contribution in [0.4, 0.5) is 11.4 Å². The molecule has 0 radical (unpaired) electrons. The number of anilines is 1. The van der Waals surface area contributed by atoms with Crippen LogP contribution in [0.2, 0.25) is 0 Å². The third kappa shape index (κ3) is 5.70. The number of nitrogens with zero attached hydrogens (tertiary/aromatic N) is 1. The van der Waals surface area contributed by atoms with Crippen LogP contribution in [-0.4, -0.2) is 24.6 Å². The molecule has 0 aliphatic heterocycles. The van der Waals surface area contributed by atoms with E-state index in [1.54, 1.807) is 12.1 Å². The van der Waals surface area contributed by atoms with Crippen molar-refractivity contribution in [3.63, 3.8) is 0 Å². The van der Waals surface area contributed by atoms with Gasteiger partial charge in [0.2, 0.25) is 0 Å². The molecule has 0 bridgehead atoms. The molecule has 1 aromatic carbocycles. The predicted molar refractivity (Wildman–Crippen MR) is 78.7 cm³/mol. The number of hydrogen-bond acceptors (Lipinski definition) is 4. The maximum absolute atomic E-state index is 10.9. The molecule has 106 valence electrons. The van der Waals surface area contributed by atoms with Crippen LogP contribution >= 0.6 is 0 Å². The summed E-state index contributed by atoms with van der Waals surface area (Å²) >= 11 is 0. The van der Waals surface area contributed by atoms with Crippen LogP contribution in [0.5, 0.6) is 0 Å². The Labute approximate surface area is 114 Å². The summed E-state index contributed by atoms with van der Waals surface area (Å²) in [7, 11) is 0. The Balaban J connectivity index is 2.35. The maximum atomic E-state index is 10.9. The number of nitro groups is 1. The van der Waals surface area contributed by atoms with Gasteiger partial charge in [-0.15, -0.1) is 0 Å². The Bertz CT molecular complexity index is 408. The largest absolute Gasteiger partial charge is 0.379 e. The predicted octanol–water partition coefficient (Wildman–Crippen LogP) is 3.09. The van der Waals surface area contributed by atoms with Crippen molar-refractivity contribution >= 4 is 11.4 Å². The first-order chi connectivity index (χ1) is 9.15. The van der Waals surface area contributed by atoms with Gasteiger partial charge in [-0.25, -0.2) is 0 Å². The molecular weight excluding hydrogens is 242 g/mol. The number of nitrogens with one attached hydrogen (secondary N) is 2. The molecule has 0 unspecified atom stereocenters. The fourth-order valence-electron chi connectivity index (χ4n) is 1.81. The third-order valence-electron chi connectivity index (χ3n) is 2.90. The summed E-state index contributed by atoms with van der Waals surface area (Å²) in [4.78, 5) is 10.6. The monoisotopic (exact) mass is 265 g/mol. The highest BCUT2D eigenvalue weighted by Crippen LogP contribution is 2.24. The molecule has 5 nitrogen and oxygen atoms in total. The zero-order valence-corrected chi connectivity index (χ0v) is 11.7. The molecule has 0 saturated heterocycles. The molecule has 0 aromatic heterocycles. The van der Waals surface area contributed by atoms with Crippen molar-refractivity contribution in [2.24, 2.45) is 0 Å². The fourth-order valence-corrected chi connectivity index (χ4v) is 1.81. The van der Waals surface area contributed by atoms with E-state index in [1.165, 1.54) is 12.8 Å². The second-order valence-electron chi connectivity index (χ2n) is 4.66. The fraction of sp³-hybridized carbons (Fsp3) is 0.571. The molecule has 1 aromatic rings. The highest BCUT2D eigenvalue weighted by Gasteiger charge is 2.12. The Hall–Kier alpha value is -1.62. The van der Waals surface area contributed by atoms with Crippen LogP contribution in [0.1, 0.15) is 31.7 Å². The van der Waals surface area contributed by atoms with Gasteiger partial charge in [-0.05, 0) is 44.5 Å². The normalized spacial score (nSPS) is 10.4. The third-order valence-corrected chi connectivity index (χ3v) is 2.90. The minimum atomic E-state index is -0.338. The minimum Gasteiger partial charge on any atom is -0.379 e. The van der Waals surface area contributed by atoms with Crippen LogP contribution in [-0.2, 0) is 0 Å². The standard InChI is InChI=1S/C14H23N3O2/c1-3-4-8-15-9-5-10-16-13-7-6-12(2)11-14(13)17(18)19/h6-7,11,15-16H,3-5,8-10H2,1-2H3. The number of aryl methyl sites for hydroxylation is 1. The van der Waals surface area contributed by atoms with Gasteiger partial charge in [0.1, 0.15) is 5.69 Å².